The smallest absolute Gasteiger partial charge is 0.368 e. The maximum Gasteiger partial charge on any atom is 0.368 e. The zero-order valence-electron chi connectivity index (χ0n) is 15.1. The second kappa shape index (κ2) is 6.26. The molecule has 2 N–H and O–H groups in total. The second-order valence-electron chi connectivity index (χ2n) is 7.03. The number of aryl methyl sites for hydroxylation is 1. The number of hydrogen-bond acceptors (Lipinski definition) is 4. The molecule has 2 aliphatic heterocycles. The Morgan fingerprint density at radius 3 is 2.40 bits per heavy atom. The van der Waals surface area contributed by atoms with Crippen LogP contribution < -0.4 is 5.32 Å². The van der Waals surface area contributed by atoms with E-state index in [2.05, 4.69) is 0 Å². The first-order valence-corrected chi connectivity index (χ1v) is 8.80. The van der Waals surface area contributed by atoms with Gasteiger partial charge in [-0.15, -0.1) is 0 Å². The van der Waals surface area contributed by atoms with Crippen molar-refractivity contribution in [1.82, 2.24) is 4.90 Å². The Balaban J connectivity index is 2.07. The monoisotopic (exact) mass is 345 g/mol. The number of benzene rings is 1. The number of nitrogens with two attached hydrogens (primary N) is 1. The van der Waals surface area contributed by atoms with Gasteiger partial charge in [0.15, 0.2) is 0 Å². The Labute approximate surface area is 147 Å². The third-order valence-electron chi connectivity index (χ3n) is 5.49. The van der Waals surface area contributed by atoms with Crippen LogP contribution in [0.2, 0.25) is 0 Å². The predicted molar refractivity (Wildman–Crippen MR) is 90.3 cm³/mol. The standard InChI is InChI=1S/C19H24N2O4/c1-5-21-16(22)13-14(17(21)23)19(4,18(24)25-6-2)20-15(13)12-9-7-11(3)8-10-12/h7-10,13-15,20H,5-6H2,1-4H3/p+1/t13-,14+,15+,19+/m0/s1. The van der Waals surface area contributed by atoms with Gasteiger partial charge in [-0.25, -0.2) is 4.79 Å². The third kappa shape index (κ3) is 2.56. The van der Waals surface area contributed by atoms with Crippen LogP contribution in [0.15, 0.2) is 24.3 Å². The Kier molecular flexibility index (Phi) is 4.41. The summed E-state index contributed by atoms with van der Waals surface area (Å²) in [6.07, 6.45) is 0. The number of imide groups is 1. The molecule has 1 aromatic carbocycles. The molecule has 6 nitrogen and oxygen atoms in total. The predicted octanol–water partition coefficient (Wildman–Crippen LogP) is 0.556. The number of esters is 1. The van der Waals surface area contributed by atoms with Gasteiger partial charge in [0, 0.05) is 19.0 Å². The van der Waals surface area contributed by atoms with Crippen molar-refractivity contribution in [3.8, 4) is 0 Å². The average Bonchev–Trinajstić information content (AvgIpc) is 3.03. The number of carbonyl (C=O) groups excluding carboxylic acids is 3. The molecule has 4 atom stereocenters. The van der Waals surface area contributed by atoms with E-state index >= 15 is 0 Å². The summed E-state index contributed by atoms with van der Waals surface area (Å²) in [4.78, 5) is 39.7. The summed E-state index contributed by atoms with van der Waals surface area (Å²) in [5.74, 6) is -2.11. The van der Waals surface area contributed by atoms with Crippen LogP contribution in [0.5, 0.6) is 0 Å². The first-order valence-electron chi connectivity index (χ1n) is 8.80. The largest absolute Gasteiger partial charge is 0.461 e. The molecule has 0 unspecified atom stereocenters. The fraction of sp³-hybridized carbons (Fsp3) is 0.526. The summed E-state index contributed by atoms with van der Waals surface area (Å²) in [5.41, 5.74) is 0.982. The maximum atomic E-state index is 12.9. The number of fused-ring (bicyclic) bond motifs is 1. The highest BCUT2D eigenvalue weighted by Crippen LogP contribution is 2.44. The van der Waals surface area contributed by atoms with Crippen LogP contribution in [-0.4, -0.2) is 41.4 Å². The van der Waals surface area contributed by atoms with Crippen molar-refractivity contribution in [2.45, 2.75) is 39.3 Å². The van der Waals surface area contributed by atoms with E-state index in [1.807, 2.05) is 36.5 Å². The fourth-order valence-electron chi connectivity index (χ4n) is 4.21. The summed E-state index contributed by atoms with van der Waals surface area (Å²) in [6, 6.07) is 7.63. The van der Waals surface area contributed by atoms with Crippen molar-refractivity contribution in [3.05, 3.63) is 35.4 Å². The lowest BCUT2D eigenvalue weighted by Gasteiger charge is -2.25. The van der Waals surface area contributed by atoms with Gasteiger partial charge < -0.3 is 10.1 Å². The molecule has 2 amide bonds. The molecule has 0 aromatic heterocycles. The molecule has 2 aliphatic rings. The van der Waals surface area contributed by atoms with Crippen LogP contribution in [0.25, 0.3) is 0 Å². The van der Waals surface area contributed by atoms with Crippen molar-refractivity contribution >= 4 is 17.8 Å². The van der Waals surface area contributed by atoms with Crippen LogP contribution in [0, 0.1) is 18.8 Å². The average molecular weight is 345 g/mol. The fourth-order valence-corrected chi connectivity index (χ4v) is 4.21. The van der Waals surface area contributed by atoms with E-state index in [9.17, 15) is 14.4 Å². The topological polar surface area (TPSA) is 80.3 Å². The van der Waals surface area contributed by atoms with E-state index < -0.39 is 23.3 Å². The van der Waals surface area contributed by atoms with Gasteiger partial charge in [-0.05, 0) is 20.8 Å². The molecule has 6 heteroatoms. The molecular formula is C19H25N2O4+. The molecular weight excluding hydrogens is 320 g/mol. The van der Waals surface area contributed by atoms with E-state index in [-0.39, 0.29) is 24.5 Å². The van der Waals surface area contributed by atoms with Gasteiger partial charge in [0.05, 0.1) is 6.61 Å². The number of carbonyl (C=O) groups is 3. The zero-order valence-corrected chi connectivity index (χ0v) is 15.1. The van der Waals surface area contributed by atoms with E-state index in [1.54, 1.807) is 20.8 Å². The van der Waals surface area contributed by atoms with Crippen molar-refractivity contribution in [1.29, 1.82) is 0 Å². The minimum absolute atomic E-state index is 0.188. The lowest BCUT2D eigenvalue weighted by Crippen LogP contribution is -2.97. The van der Waals surface area contributed by atoms with Crippen LogP contribution in [0.1, 0.15) is 37.9 Å². The molecule has 2 saturated heterocycles. The highest BCUT2D eigenvalue weighted by Gasteiger charge is 2.70. The third-order valence-corrected chi connectivity index (χ3v) is 5.49. The number of rotatable bonds is 4. The summed E-state index contributed by atoms with van der Waals surface area (Å²) in [5, 5.41) is 1.85. The molecule has 0 saturated carbocycles. The first kappa shape index (κ1) is 17.6. The second-order valence-corrected chi connectivity index (χ2v) is 7.03. The molecule has 1 aromatic rings. The number of hydrogen-bond donors (Lipinski definition) is 1. The SMILES string of the molecule is CCOC(=O)[C@]1(C)[NH2+][C@H](c2ccc(C)cc2)[C@H]2C(=O)N(CC)C(=O)[C@@H]21. The Hall–Kier alpha value is -2.21. The Bertz CT molecular complexity index is 715. The number of amides is 2. The molecule has 2 heterocycles. The molecule has 0 aliphatic carbocycles. The molecule has 25 heavy (non-hydrogen) atoms. The highest BCUT2D eigenvalue weighted by atomic mass is 16.5. The van der Waals surface area contributed by atoms with Gasteiger partial charge in [-0.1, -0.05) is 29.8 Å². The minimum Gasteiger partial charge on any atom is -0.461 e. The Morgan fingerprint density at radius 2 is 1.84 bits per heavy atom. The Morgan fingerprint density at radius 1 is 1.20 bits per heavy atom. The van der Waals surface area contributed by atoms with E-state index in [4.69, 9.17) is 4.74 Å². The van der Waals surface area contributed by atoms with Gasteiger partial charge in [0.2, 0.25) is 17.4 Å². The van der Waals surface area contributed by atoms with E-state index in [1.165, 1.54) is 4.90 Å². The first-order chi connectivity index (χ1) is 11.8. The van der Waals surface area contributed by atoms with E-state index in [0.29, 0.717) is 6.54 Å². The number of ether oxygens (including phenoxy) is 1. The summed E-state index contributed by atoms with van der Waals surface area (Å²) in [7, 11) is 0. The molecule has 0 radical (unpaired) electrons. The normalized spacial score (nSPS) is 31.4. The number of nitrogens with zero attached hydrogens (tertiary/aromatic N) is 1. The lowest BCUT2D eigenvalue weighted by molar-refractivity contribution is -0.731. The molecule has 0 spiro atoms. The van der Waals surface area contributed by atoms with Crippen LogP contribution in [0.4, 0.5) is 0 Å². The van der Waals surface area contributed by atoms with Crippen LogP contribution >= 0.6 is 0 Å². The summed E-state index contributed by atoms with van der Waals surface area (Å²) >= 11 is 0. The van der Waals surface area contributed by atoms with Gasteiger partial charge in [-0.3, -0.25) is 14.5 Å². The van der Waals surface area contributed by atoms with Crippen LogP contribution in [-0.2, 0) is 19.1 Å². The molecule has 3 rings (SSSR count). The molecule has 134 valence electrons. The van der Waals surface area contributed by atoms with Gasteiger partial charge in [-0.2, -0.15) is 0 Å². The maximum absolute atomic E-state index is 12.9. The van der Waals surface area contributed by atoms with E-state index in [0.717, 1.165) is 11.1 Å². The van der Waals surface area contributed by atoms with Crippen molar-refractivity contribution < 1.29 is 24.4 Å². The lowest BCUT2D eigenvalue weighted by atomic mass is 9.80. The van der Waals surface area contributed by atoms with Crippen LogP contribution in [0.3, 0.4) is 0 Å². The number of likely N-dealkylation sites (tertiary alicyclic amines) is 1. The van der Waals surface area contributed by atoms with Crippen molar-refractivity contribution in [2.24, 2.45) is 11.8 Å². The number of quaternary nitrogens is 1. The molecule has 0 bridgehead atoms. The molecule has 2 fully saturated rings. The summed E-state index contributed by atoms with van der Waals surface area (Å²) in [6.45, 7) is 7.81. The van der Waals surface area contributed by atoms with Gasteiger partial charge >= 0.3 is 5.97 Å². The highest BCUT2D eigenvalue weighted by molar-refractivity contribution is 6.08. The zero-order chi connectivity index (χ0) is 18.4. The van der Waals surface area contributed by atoms with Gasteiger partial charge in [0.25, 0.3) is 0 Å². The van der Waals surface area contributed by atoms with Crippen molar-refractivity contribution in [2.75, 3.05) is 13.2 Å². The van der Waals surface area contributed by atoms with Gasteiger partial charge in [0.1, 0.15) is 17.9 Å². The minimum atomic E-state index is -1.09. The van der Waals surface area contributed by atoms with Crippen molar-refractivity contribution in [3.63, 3.8) is 0 Å². The quantitative estimate of drug-likeness (QED) is 0.639. The summed E-state index contributed by atoms with van der Waals surface area (Å²) < 4.78 is 5.24.